The SMILES string of the molecule is COC(=O)/C=C/C(=O)OCCNS(=O)(=O)CC(C)C. The molecule has 0 amide bonds. The van der Waals surface area contributed by atoms with E-state index in [1.807, 2.05) is 0 Å². The van der Waals surface area contributed by atoms with Gasteiger partial charge in [0, 0.05) is 18.7 Å². The van der Waals surface area contributed by atoms with Gasteiger partial charge in [-0.05, 0) is 5.92 Å². The Kier molecular flexibility index (Phi) is 8.01. The molecule has 0 aromatic heterocycles. The van der Waals surface area contributed by atoms with Crippen LogP contribution >= 0.6 is 0 Å². The fraction of sp³-hybridized carbons (Fsp3) is 0.636. The summed E-state index contributed by atoms with van der Waals surface area (Å²) in [4.78, 5) is 21.7. The summed E-state index contributed by atoms with van der Waals surface area (Å²) >= 11 is 0. The van der Waals surface area contributed by atoms with Crippen LogP contribution in [-0.4, -0.2) is 46.4 Å². The Morgan fingerprint density at radius 2 is 1.79 bits per heavy atom. The van der Waals surface area contributed by atoms with Crippen LogP contribution in [0.4, 0.5) is 0 Å². The minimum atomic E-state index is -3.34. The van der Waals surface area contributed by atoms with Gasteiger partial charge in [0.1, 0.15) is 6.61 Å². The van der Waals surface area contributed by atoms with Crippen LogP contribution in [0.25, 0.3) is 0 Å². The third kappa shape index (κ3) is 10.2. The molecule has 0 rings (SSSR count). The highest BCUT2D eigenvalue weighted by Crippen LogP contribution is 1.96. The number of carbonyl (C=O) groups excluding carboxylic acids is 2. The standard InChI is InChI=1S/C11H19NO6S/c1-9(2)8-19(15,16)12-6-7-18-11(14)5-4-10(13)17-3/h4-5,9,12H,6-8H2,1-3H3/b5-4+. The Morgan fingerprint density at radius 1 is 1.21 bits per heavy atom. The van der Waals surface area contributed by atoms with Crippen LogP contribution in [0.2, 0.25) is 0 Å². The van der Waals surface area contributed by atoms with Crippen LogP contribution in [0.1, 0.15) is 13.8 Å². The van der Waals surface area contributed by atoms with E-state index in [1.54, 1.807) is 13.8 Å². The second-order valence-corrected chi connectivity index (χ2v) is 5.95. The minimum absolute atomic E-state index is 0.00709. The molecule has 0 heterocycles. The smallest absolute Gasteiger partial charge is 0.331 e. The normalized spacial score (nSPS) is 11.8. The highest BCUT2D eigenvalue weighted by atomic mass is 32.2. The lowest BCUT2D eigenvalue weighted by Crippen LogP contribution is -2.31. The molecular formula is C11H19NO6S. The molecule has 110 valence electrons. The molecule has 0 atom stereocenters. The number of ether oxygens (including phenoxy) is 2. The van der Waals surface area contributed by atoms with Gasteiger partial charge in [0.15, 0.2) is 0 Å². The van der Waals surface area contributed by atoms with Crippen LogP contribution in [0.3, 0.4) is 0 Å². The quantitative estimate of drug-likeness (QED) is 0.379. The van der Waals surface area contributed by atoms with Crippen molar-refractivity contribution in [2.75, 3.05) is 26.0 Å². The zero-order valence-corrected chi connectivity index (χ0v) is 12.0. The number of nitrogens with one attached hydrogen (secondary N) is 1. The van der Waals surface area contributed by atoms with E-state index in [0.29, 0.717) is 0 Å². The topological polar surface area (TPSA) is 98.8 Å². The predicted octanol–water partition coefficient (Wildman–Crippen LogP) is -0.166. The van der Waals surface area contributed by atoms with Crippen LogP contribution in [0.15, 0.2) is 12.2 Å². The molecule has 0 aliphatic heterocycles. The second kappa shape index (κ2) is 8.65. The number of esters is 2. The number of methoxy groups -OCH3 is 1. The van der Waals surface area contributed by atoms with E-state index in [4.69, 9.17) is 0 Å². The van der Waals surface area contributed by atoms with Gasteiger partial charge in [0.2, 0.25) is 10.0 Å². The van der Waals surface area contributed by atoms with Gasteiger partial charge in [-0.3, -0.25) is 0 Å². The van der Waals surface area contributed by atoms with Crippen molar-refractivity contribution in [2.45, 2.75) is 13.8 Å². The van der Waals surface area contributed by atoms with Gasteiger partial charge in [-0.2, -0.15) is 0 Å². The maximum absolute atomic E-state index is 11.4. The van der Waals surface area contributed by atoms with Gasteiger partial charge in [-0.25, -0.2) is 22.7 Å². The molecule has 8 heteroatoms. The summed E-state index contributed by atoms with van der Waals surface area (Å²) in [6, 6.07) is 0. The molecule has 1 N–H and O–H groups in total. The Labute approximate surface area is 113 Å². The first-order valence-corrected chi connectivity index (χ1v) is 7.32. The van der Waals surface area contributed by atoms with Crippen molar-refractivity contribution in [1.82, 2.24) is 4.72 Å². The average molecular weight is 293 g/mol. The highest BCUT2D eigenvalue weighted by Gasteiger charge is 2.11. The monoisotopic (exact) mass is 293 g/mol. The van der Waals surface area contributed by atoms with Gasteiger partial charge in [0.05, 0.1) is 12.9 Å². The van der Waals surface area contributed by atoms with Crippen LogP contribution in [0.5, 0.6) is 0 Å². The van der Waals surface area contributed by atoms with Crippen molar-refractivity contribution in [3.63, 3.8) is 0 Å². The Bertz CT molecular complexity index is 426. The van der Waals surface area contributed by atoms with Crippen molar-refractivity contribution >= 4 is 22.0 Å². The van der Waals surface area contributed by atoms with Crippen molar-refractivity contribution in [3.8, 4) is 0 Å². The van der Waals surface area contributed by atoms with Crippen molar-refractivity contribution < 1.29 is 27.5 Å². The molecule has 0 aliphatic rings. The summed E-state index contributed by atoms with van der Waals surface area (Å²) in [5.74, 6) is -1.38. The fourth-order valence-corrected chi connectivity index (χ4v) is 2.49. The van der Waals surface area contributed by atoms with Crippen LogP contribution in [-0.2, 0) is 29.1 Å². The molecule has 7 nitrogen and oxygen atoms in total. The molecule has 0 unspecified atom stereocenters. The Balaban J connectivity index is 3.90. The van der Waals surface area contributed by atoms with E-state index in [0.717, 1.165) is 12.2 Å². The lowest BCUT2D eigenvalue weighted by atomic mass is 10.3. The van der Waals surface area contributed by atoms with Gasteiger partial charge >= 0.3 is 11.9 Å². The first-order chi connectivity index (χ1) is 8.76. The van der Waals surface area contributed by atoms with E-state index >= 15 is 0 Å². The summed E-state index contributed by atoms with van der Waals surface area (Å²) < 4.78 is 34.1. The van der Waals surface area contributed by atoms with Crippen molar-refractivity contribution in [3.05, 3.63) is 12.2 Å². The molecule has 0 saturated heterocycles. The summed E-state index contributed by atoms with van der Waals surface area (Å²) in [5, 5.41) is 0. The molecule has 0 fully saturated rings. The molecule has 19 heavy (non-hydrogen) atoms. The zero-order chi connectivity index (χ0) is 14.9. The molecule has 0 bridgehead atoms. The summed E-state index contributed by atoms with van der Waals surface area (Å²) in [6.07, 6.45) is 1.83. The van der Waals surface area contributed by atoms with Crippen LogP contribution in [0, 0.1) is 5.92 Å². The number of hydrogen-bond donors (Lipinski definition) is 1. The largest absolute Gasteiger partial charge is 0.466 e. The Hall–Kier alpha value is -1.41. The van der Waals surface area contributed by atoms with Gasteiger partial charge in [0.25, 0.3) is 0 Å². The number of hydrogen-bond acceptors (Lipinski definition) is 6. The average Bonchev–Trinajstić information content (AvgIpc) is 2.30. The summed E-state index contributed by atoms with van der Waals surface area (Å²) in [5.41, 5.74) is 0. The minimum Gasteiger partial charge on any atom is -0.466 e. The molecule has 0 aromatic rings. The van der Waals surface area contributed by atoms with Crippen LogP contribution < -0.4 is 4.72 Å². The summed E-state index contributed by atoms with van der Waals surface area (Å²) in [6.45, 7) is 3.46. The third-order valence-corrected chi connectivity index (χ3v) is 3.53. The van der Waals surface area contributed by atoms with Crippen molar-refractivity contribution in [1.29, 1.82) is 0 Å². The van der Waals surface area contributed by atoms with E-state index in [-0.39, 0.29) is 24.8 Å². The van der Waals surface area contributed by atoms with Gasteiger partial charge in [-0.1, -0.05) is 13.8 Å². The number of carbonyl (C=O) groups is 2. The predicted molar refractivity (Wildman–Crippen MR) is 68.7 cm³/mol. The van der Waals surface area contributed by atoms with Crippen molar-refractivity contribution in [2.24, 2.45) is 5.92 Å². The highest BCUT2D eigenvalue weighted by molar-refractivity contribution is 7.89. The maximum Gasteiger partial charge on any atom is 0.331 e. The lowest BCUT2D eigenvalue weighted by Gasteiger charge is -2.08. The van der Waals surface area contributed by atoms with E-state index in [2.05, 4.69) is 14.2 Å². The molecule has 0 aliphatic carbocycles. The maximum atomic E-state index is 11.4. The molecule has 0 saturated carbocycles. The molecule has 0 spiro atoms. The third-order valence-electron chi connectivity index (χ3n) is 1.78. The van der Waals surface area contributed by atoms with E-state index < -0.39 is 22.0 Å². The van der Waals surface area contributed by atoms with Gasteiger partial charge in [-0.15, -0.1) is 0 Å². The number of rotatable bonds is 8. The Morgan fingerprint density at radius 3 is 2.32 bits per heavy atom. The molecule has 0 aromatic carbocycles. The lowest BCUT2D eigenvalue weighted by molar-refractivity contribution is -0.139. The van der Waals surface area contributed by atoms with E-state index in [9.17, 15) is 18.0 Å². The van der Waals surface area contributed by atoms with Gasteiger partial charge < -0.3 is 9.47 Å². The first kappa shape index (κ1) is 17.6. The molecular weight excluding hydrogens is 274 g/mol. The molecule has 0 radical (unpaired) electrons. The van der Waals surface area contributed by atoms with E-state index in [1.165, 1.54) is 7.11 Å². The first-order valence-electron chi connectivity index (χ1n) is 5.67. The zero-order valence-electron chi connectivity index (χ0n) is 11.2. The second-order valence-electron chi connectivity index (χ2n) is 4.09. The summed E-state index contributed by atoms with van der Waals surface area (Å²) in [7, 11) is -2.16. The number of sulfonamides is 1. The fourth-order valence-electron chi connectivity index (χ4n) is 1.10.